The molecule has 2 rings (SSSR count). The van der Waals surface area contributed by atoms with Crippen LogP contribution in [0.1, 0.15) is 16.8 Å². The number of nitrogens with two attached hydrogens (primary N) is 2. The van der Waals surface area contributed by atoms with Gasteiger partial charge < -0.3 is 21.3 Å². The number of aromatic nitrogens is 2. The Hall–Kier alpha value is -2.06. The van der Waals surface area contributed by atoms with Gasteiger partial charge in [0.25, 0.3) is 5.91 Å². The number of benzene rings is 1. The summed E-state index contributed by atoms with van der Waals surface area (Å²) >= 11 is 3.34. The van der Waals surface area contributed by atoms with Crippen molar-refractivity contribution < 1.29 is 14.6 Å². The van der Waals surface area contributed by atoms with Gasteiger partial charge in [-0.15, -0.1) is 5.10 Å². The van der Waals surface area contributed by atoms with Crippen LogP contribution in [-0.4, -0.2) is 34.0 Å². The minimum Gasteiger partial charge on any atom is -0.476 e. The SMILES string of the molecule is NC(=O)c1c(OCCCO)nn(-c2ccc(Br)cc2)c1N. The van der Waals surface area contributed by atoms with Crippen LogP contribution in [0.5, 0.6) is 5.88 Å². The molecule has 0 saturated heterocycles. The average molecular weight is 355 g/mol. The van der Waals surface area contributed by atoms with Crippen molar-refractivity contribution in [2.24, 2.45) is 5.73 Å². The van der Waals surface area contributed by atoms with Gasteiger partial charge in [0.2, 0.25) is 5.88 Å². The number of primary amides is 1. The van der Waals surface area contributed by atoms with E-state index in [-0.39, 0.29) is 30.5 Å². The van der Waals surface area contributed by atoms with Gasteiger partial charge in [-0.3, -0.25) is 4.79 Å². The number of nitrogen functional groups attached to an aromatic ring is 1. The standard InChI is InChI=1S/C13H15BrN4O3/c14-8-2-4-9(5-3-8)18-11(15)10(12(16)20)13(17-18)21-7-1-6-19/h2-5,19H,1,6-7,15H2,(H2,16,20). The molecular weight excluding hydrogens is 340 g/mol. The number of anilines is 1. The van der Waals surface area contributed by atoms with Gasteiger partial charge in [-0.05, 0) is 24.3 Å². The van der Waals surface area contributed by atoms with Gasteiger partial charge in [0.15, 0.2) is 0 Å². The molecule has 1 aromatic carbocycles. The molecule has 1 heterocycles. The molecule has 112 valence electrons. The van der Waals surface area contributed by atoms with Crippen molar-refractivity contribution in [2.75, 3.05) is 18.9 Å². The third-order valence-corrected chi connectivity index (χ3v) is 3.28. The second-order valence-electron chi connectivity index (χ2n) is 4.24. The zero-order valence-electron chi connectivity index (χ0n) is 11.1. The third kappa shape index (κ3) is 3.34. The molecule has 0 saturated carbocycles. The maximum absolute atomic E-state index is 11.5. The monoisotopic (exact) mass is 354 g/mol. The summed E-state index contributed by atoms with van der Waals surface area (Å²) in [7, 11) is 0. The van der Waals surface area contributed by atoms with Gasteiger partial charge in [0.1, 0.15) is 11.4 Å². The molecule has 0 aliphatic carbocycles. The Balaban J connectivity index is 2.40. The Morgan fingerprint density at radius 3 is 2.62 bits per heavy atom. The van der Waals surface area contributed by atoms with E-state index >= 15 is 0 Å². The first-order valence-corrected chi connectivity index (χ1v) is 7.01. The van der Waals surface area contributed by atoms with Crippen molar-refractivity contribution in [2.45, 2.75) is 6.42 Å². The minimum atomic E-state index is -0.713. The van der Waals surface area contributed by atoms with E-state index in [4.69, 9.17) is 21.3 Å². The summed E-state index contributed by atoms with van der Waals surface area (Å²) in [4.78, 5) is 11.5. The number of rotatable bonds is 6. The van der Waals surface area contributed by atoms with E-state index in [1.165, 1.54) is 4.68 Å². The first-order valence-electron chi connectivity index (χ1n) is 6.22. The average Bonchev–Trinajstić information content (AvgIpc) is 2.77. The minimum absolute atomic E-state index is 0.0190. The maximum Gasteiger partial charge on any atom is 0.258 e. The summed E-state index contributed by atoms with van der Waals surface area (Å²) in [6.45, 7) is 0.197. The first-order chi connectivity index (χ1) is 10.0. The molecule has 0 aliphatic heterocycles. The second-order valence-corrected chi connectivity index (χ2v) is 5.16. The van der Waals surface area contributed by atoms with Crippen molar-refractivity contribution in [1.82, 2.24) is 9.78 Å². The molecule has 0 spiro atoms. The summed E-state index contributed by atoms with van der Waals surface area (Å²) < 4.78 is 7.66. The normalized spacial score (nSPS) is 10.6. The van der Waals surface area contributed by atoms with Crippen LogP contribution in [0.15, 0.2) is 28.7 Å². The van der Waals surface area contributed by atoms with Gasteiger partial charge in [-0.25, -0.2) is 4.68 Å². The van der Waals surface area contributed by atoms with E-state index in [0.29, 0.717) is 12.1 Å². The molecule has 1 amide bonds. The van der Waals surface area contributed by atoms with Crippen LogP contribution >= 0.6 is 15.9 Å². The van der Waals surface area contributed by atoms with Gasteiger partial charge in [0.05, 0.1) is 12.3 Å². The molecule has 8 heteroatoms. The van der Waals surface area contributed by atoms with E-state index < -0.39 is 5.91 Å². The number of amides is 1. The Bertz CT molecular complexity index is 640. The van der Waals surface area contributed by atoms with Crippen molar-refractivity contribution in [3.05, 3.63) is 34.3 Å². The zero-order chi connectivity index (χ0) is 15.4. The molecule has 0 radical (unpaired) electrons. The number of aliphatic hydroxyl groups excluding tert-OH is 1. The van der Waals surface area contributed by atoms with Crippen LogP contribution in [0.3, 0.4) is 0 Å². The number of aliphatic hydroxyl groups is 1. The molecule has 5 N–H and O–H groups in total. The number of hydrogen-bond donors (Lipinski definition) is 3. The van der Waals surface area contributed by atoms with E-state index in [1.54, 1.807) is 12.1 Å². The smallest absolute Gasteiger partial charge is 0.258 e. The quantitative estimate of drug-likeness (QED) is 0.671. The van der Waals surface area contributed by atoms with Crippen LogP contribution in [0.4, 0.5) is 5.82 Å². The highest BCUT2D eigenvalue weighted by molar-refractivity contribution is 9.10. The number of hydrogen-bond acceptors (Lipinski definition) is 5. The lowest BCUT2D eigenvalue weighted by Crippen LogP contribution is -2.15. The van der Waals surface area contributed by atoms with Gasteiger partial charge in [-0.1, -0.05) is 15.9 Å². The molecule has 2 aromatic rings. The van der Waals surface area contributed by atoms with Crippen molar-refractivity contribution in [1.29, 1.82) is 0 Å². The summed E-state index contributed by atoms with van der Waals surface area (Å²) in [5.74, 6) is -0.532. The molecule has 21 heavy (non-hydrogen) atoms. The number of ether oxygens (including phenoxy) is 1. The highest BCUT2D eigenvalue weighted by atomic mass is 79.9. The fourth-order valence-electron chi connectivity index (χ4n) is 1.76. The van der Waals surface area contributed by atoms with Crippen molar-refractivity contribution in [3.8, 4) is 11.6 Å². The molecule has 0 bridgehead atoms. The zero-order valence-corrected chi connectivity index (χ0v) is 12.7. The van der Waals surface area contributed by atoms with Gasteiger partial charge >= 0.3 is 0 Å². The largest absolute Gasteiger partial charge is 0.476 e. The summed E-state index contributed by atoms with van der Waals surface area (Å²) in [6, 6.07) is 7.23. The summed E-state index contributed by atoms with van der Waals surface area (Å²) in [5.41, 5.74) is 12.0. The molecular formula is C13H15BrN4O3. The van der Waals surface area contributed by atoms with E-state index in [2.05, 4.69) is 21.0 Å². The Labute approximate surface area is 129 Å². The molecule has 0 fully saturated rings. The number of carbonyl (C=O) groups excluding carboxylic acids is 1. The van der Waals surface area contributed by atoms with Crippen molar-refractivity contribution >= 4 is 27.7 Å². The molecule has 0 unspecified atom stereocenters. The van der Waals surface area contributed by atoms with E-state index in [9.17, 15) is 4.79 Å². The lowest BCUT2D eigenvalue weighted by atomic mass is 10.3. The fraction of sp³-hybridized carbons (Fsp3) is 0.231. The third-order valence-electron chi connectivity index (χ3n) is 2.75. The highest BCUT2D eigenvalue weighted by Crippen LogP contribution is 2.27. The van der Waals surface area contributed by atoms with Crippen LogP contribution in [0, 0.1) is 0 Å². The lowest BCUT2D eigenvalue weighted by Gasteiger charge is -2.03. The number of carbonyl (C=O) groups is 1. The van der Waals surface area contributed by atoms with Gasteiger partial charge in [0, 0.05) is 17.5 Å². The highest BCUT2D eigenvalue weighted by Gasteiger charge is 2.22. The summed E-state index contributed by atoms with van der Waals surface area (Å²) in [5, 5.41) is 12.9. The Morgan fingerprint density at radius 2 is 2.05 bits per heavy atom. The molecule has 0 aliphatic rings. The topological polar surface area (TPSA) is 116 Å². The molecule has 0 atom stereocenters. The van der Waals surface area contributed by atoms with Crippen molar-refractivity contribution in [3.63, 3.8) is 0 Å². The second kappa shape index (κ2) is 6.59. The van der Waals surface area contributed by atoms with E-state index in [1.807, 2.05) is 12.1 Å². The fourth-order valence-corrected chi connectivity index (χ4v) is 2.02. The molecule has 1 aromatic heterocycles. The summed E-state index contributed by atoms with van der Waals surface area (Å²) in [6.07, 6.45) is 0.420. The maximum atomic E-state index is 11.5. The number of nitrogens with zero attached hydrogens (tertiary/aromatic N) is 2. The Kier molecular flexibility index (Phi) is 4.81. The first kappa shape index (κ1) is 15.3. The predicted octanol–water partition coefficient (Wildman–Crippen LogP) is 1.08. The van der Waals surface area contributed by atoms with Crippen LogP contribution in [-0.2, 0) is 0 Å². The van der Waals surface area contributed by atoms with E-state index in [0.717, 1.165) is 4.47 Å². The number of halogens is 1. The Morgan fingerprint density at radius 1 is 1.38 bits per heavy atom. The predicted molar refractivity (Wildman–Crippen MR) is 81.4 cm³/mol. The lowest BCUT2D eigenvalue weighted by molar-refractivity contribution is 0.0997. The molecule has 7 nitrogen and oxygen atoms in total. The van der Waals surface area contributed by atoms with Crippen LogP contribution in [0.25, 0.3) is 5.69 Å². The van der Waals surface area contributed by atoms with Crippen LogP contribution < -0.4 is 16.2 Å². The van der Waals surface area contributed by atoms with Gasteiger partial charge in [-0.2, -0.15) is 0 Å². The van der Waals surface area contributed by atoms with Crippen LogP contribution in [0.2, 0.25) is 0 Å².